The van der Waals surface area contributed by atoms with Crippen molar-refractivity contribution < 1.29 is 4.79 Å². The van der Waals surface area contributed by atoms with Crippen molar-refractivity contribution >= 4 is 39.0 Å². The number of aromatic nitrogens is 1. The molecule has 6 heteroatoms. The zero-order chi connectivity index (χ0) is 18.8. The molecule has 1 aromatic carbocycles. The molecule has 0 bridgehead atoms. The molecule has 4 nitrogen and oxygen atoms in total. The quantitative estimate of drug-likeness (QED) is 0.505. The number of nitrogens with one attached hydrogen (secondary N) is 2. The number of benzene rings is 1. The molecule has 1 unspecified atom stereocenters. The number of carbonyl (C=O) groups is 1. The van der Waals surface area contributed by atoms with Gasteiger partial charge in [-0.25, -0.2) is 4.79 Å². The summed E-state index contributed by atoms with van der Waals surface area (Å²) in [5.41, 5.74) is 3.48. The summed E-state index contributed by atoms with van der Waals surface area (Å²) in [6.45, 7) is 2.07. The lowest BCUT2D eigenvalue weighted by Crippen LogP contribution is -2.32. The summed E-state index contributed by atoms with van der Waals surface area (Å²) in [4.78, 5) is 14.0. The summed E-state index contributed by atoms with van der Waals surface area (Å²) < 4.78 is 3.16. The average molecular weight is 444 g/mol. The molecule has 0 saturated carbocycles. The predicted octanol–water partition coefficient (Wildman–Crippen LogP) is 6.06. The van der Waals surface area contributed by atoms with Gasteiger partial charge in [0.15, 0.2) is 0 Å². The molecule has 2 heterocycles. The number of aryl methyl sites for hydroxylation is 1. The normalized spacial score (nSPS) is 14.4. The first-order valence-corrected chi connectivity index (χ1v) is 10.8. The lowest BCUT2D eigenvalue weighted by molar-refractivity contribution is 0.249. The predicted molar refractivity (Wildman–Crippen MR) is 115 cm³/mol. The van der Waals surface area contributed by atoms with Gasteiger partial charge in [-0.05, 0) is 74.6 Å². The third-order valence-electron chi connectivity index (χ3n) is 4.91. The fourth-order valence-corrected chi connectivity index (χ4v) is 5.37. The van der Waals surface area contributed by atoms with Crippen molar-refractivity contribution in [3.8, 4) is 5.00 Å². The van der Waals surface area contributed by atoms with E-state index in [9.17, 15) is 4.79 Å². The van der Waals surface area contributed by atoms with Crippen molar-refractivity contribution in [3.63, 3.8) is 0 Å². The topological polar surface area (TPSA) is 46.1 Å². The summed E-state index contributed by atoms with van der Waals surface area (Å²) in [5, 5.41) is 7.28. The molecule has 2 aromatic heterocycles. The molecule has 3 aromatic rings. The van der Waals surface area contributed by atoms with Gasteiger partial charge in [-0.2, -0.15) is 0 Å². The molecule has 4 rings (SSSR count). The Morgan fingerprint density at radius 2 is 1.85 bits per heavy atom. The van der Waals surface area contributed by atoms with Gasteiger partial charge in [0.05, 0.1) is 6.04 Å². The number of carbonyl (C=O) groups excluding carboxylic acids is 1. The van der Waals surface area contributed by atoms with Crippen molar-refractivity contribution in [2.24, 2.45) is 0 Å². The second kappa shape index (κ2) is 7.90. The number of thiophene rings is 1. The van der Waals surface area contributed by atoms with Crippen LogP contribution in [0.3, 0.4) is 0 Å². The number of rotatable bonds is 4. The van der Waals surface area contributed by atoms with Crippen molar-refractivity contribution in [3.05, 3.63) is 69.3 Å². The van der Waals surface area contributed by atoms with Gasteiger partial charge in [0.1, 0.15) is 5.00 Å². The van der Waals surface area contributed by atoms with E-state index in [4.69, 9.17) is 0 Å². The second-order valence-corrected chi connectivity index (χ2v) is 8.85. The molecule has 1 aliphatic rings. The number of fused-ring (bicyclic) bond motifs is 1. The highest BCUT2D eigenvalue weighted by molar-refractivity contribution is 9.10. The summed E-state index contributed by atoms with van der Waals surface area (Å²) in [5.74, 6) is 0. The van der Waals surface area contributed by atoms with E-state index < -0.39 is 0 Å². The molecule has 0 saturated heterocycles. The maximum absolute atomic E-state index is 12.5. The Kier molecular flexibility index (Phi) is 5.36. The first-order valence-electron chi connectivity index (χ1n) is 9.22. The fourth-order valence-electron chi connectivity index (χ4n) is 3.65. The van der Waals surface area contributed by atoms with Crippen LogP contribution < -0.4 is 10.6 Å². The third kappa shape index (κ3) is 3.96. The number of nitrogens with zero attached hydrogens (tertiary/aromatic N) is 1. The van der Waals surface area contributed by atoms with Crippen molar-refractivity contribution in [1.82, 2.24) is 9.88 Å². The maximum atomic E-state index is 12.5. The van der Waals surface area contributed by atoms with Crippen LogP contribution in [-0.2, 0) is 12.8 Å². The van der Waals surface area contributed by atoms with Crippen LogP contribution in [0.2, 0.25) is 0 Å². The zero-order valence-corrected chi connectivity index (χ0v) is 17.6. The SMILES string of the molecule is CC(NC(=O)Nc1ccc(Br)cc1)c1c(-n2cccc2)sc2c1CCCC2. The van der Waals surface area contributed by atoms with Gasteiger partial charge >= 0.3 is 6.03 Å². The number of hydrogen-bond donors (Lipinski definition) is 2. The molecule has 27 heavy (non-hydrogen) atoms. The molecule has 1 atom stereocenters. The van der Waals surface area contributed by atoms with E-state index in [-0.39, 0.29) is 12.1 Å². The van der Waals surface area contributed by atoms with E-state index in [1.807, 2.05) is 47.7 Å². The number of urea groups is 1. The smallest absolute Gasteiger partial charge is 0.319 e. The molecular weight excluding hydrogens is 422 g/mol. The highest BCUT2D eigenvalue weighted by Crippen LogP contribution is 2.40. The van der Waals surface area contributed by atoms with Crippen LogP contribution >= 0.6 is 27.3 Å². The minimum atomic E-state index is -0.181. The van der Waals surface area contributed by atoms with E-state index in [1.165, 1.54) is 33.8 Å². The third-order valence-corrected chi connectivity index (χ3v) is 6.76. The first kappa shape index (κ1) is 18.3. The second-order valence-electron chi connectivity index (χ2n) is 6.85. The lowest BCUT2D eigenvalue weighted by atomic mass is 9.93. The van der Waals surface area contributed by atoms with Crippen molar-refractivity contribution in [2.45, 2.75) is 38.6 Å². The Hall–Kier alpha value is -2.05. The Labute approximate surface area is 171 Å². The summed E-state index contributed by atoms with van der Waals surface area (Å²) in [6, 6.07) is 11.4. The van der Waals surface area contributed by atoms with E-state index in [0.717, 1.165) is 23.0 Å². The van der Waals surface area contributed by atoms with Gasteiger partial charge in [0, 0.05) is 33.0 Å². The van der Waals surface area contributed by atoms with Crippen LogP contribution in [0.4, 0.5) is 10.5 Å². The number of hydrogen-bond acceptors (Lipinski definition) is 2. The number of anilines is 1. The van der Waals surface area contributed by atoms with Crippen LogP contribution in [-0.4, -0.2) is 10.6 Å². The van der Waals surface area contributed by atoms with Crippen LogP contribution in [0.5, 0.6) is 0 Å². The molecule has 2 amide bonds. The first-order chi connectivity index (χ1) is 13.1. The Morgan fingerprint density at radius 3 is 2.59 bits per heavy atom. The van der Waals surface area contributed by atoms with Gasteiger partial charge in [0.25, 0.3) is 0 Å². The zero-order valence-electron chi connectivity index (χ0n) is 15.2. The van der Waals surface area contributed by atoms with E-state index >= 15 is 0 Å². The van der Waals surface area contributed by atoms with Crippen molar-refractivity contribution in [1.29, 1.82) is 0 Å². The van der Waals surface area contributed by atoms with E-state index in [1.54, 1.807) is 0 Å². The monoisotopic (exact) mass is 443 g/mol. The van der Waals surface area contributed by atoms with Gasteiger partial charge in [-0.15, -0.1) is 11.3 Å². The summed E-state index contributed by atoms with van der Waals surface area (Å²) in [7, 11) is 0. The van der Waals surface area contributed by atoms with Crippen LogP contribution in [0.15, 0.2) is 53.3 Å². The Bertz CT molecular complexity index is 931. The highest BCUT2D eigenvalue weighted by atomic mass is 79.9. The molecule has 1 aliphatic carbocycles. The molecular formula is C21H22BrN3OS. The van der Waals surface area contributed by atoms with Crippen LogP contribution in [0.25, 0.3) is 5.00 Å². The molecule has 0 radical (unpaired) electrons. The van der Waals surface area contributed by atoms with E-state index in [2.05, 4.69) is 50.4 Å². The van der Waals surface area contributed by atoms with Gasteiger partial charge in [-0.1, -0.05) is 15.9 Å². The minimum absolute atomic E-state index is 0.0593. The molecule has 140 valence electrons. The van der Waals surface area contributed by atoms with Crippen LogP contribution in [0, 0.1) is 0 Å². The summed E-state index contributed by atoms with van der Waals surface area (Å²) in [6.07, 6.45) is 8.88. The highest BCUT2D eigenvalue weighted by Gasteiger charge is 2.25. The average Bonchev–Trinajstić information content (AvgIpc) is 3.30. The van der Waals surface area contributed by atoms with Gasteiger partial charge < -0.3 is 15.2 Å². The molecule has 2 N–H and O–H groups in total. The lowest BCUT2D eigenvalue weighted by Gasteiger charge is -2.20. The van der Waals surface area contributed by atoms with E-state index in [0.29, 0.717) is 0 Å². The maximum Gasteiger partial charge on any atom is 0.319 e. The Balaban J connectivity index is 1.57. The van der Waals surface area contributed by atoms with Crippen LogP contribution in [0.1, 0.15) is 41.8 Å². The standard InChI is InChI=1S/C21H22BrN3OS/c1-14(23-21(26)24-16-10-8-15(22)9-11-16)19-17-6-2-3-7-18(17)27-20(19)25-12-4-5-13-25/h4-5,8-14H,2-3,6-7H2,1H3,(H2,23,24,26). The number of halogens is 1. The minimum Gasteiger partial charge on any atom is -0.331 e. The summed E-state index contributed by atoms with van der Waals surface area (Å²) >= 11 is 5.28. The largest absolute Gasteiger partial charge is 0.331 e. The molecule has 0 aliphatic heterocycles. The fraction of sp³-hybridized carbons (Fsp3) is 0.286. The van der Waals surface area contributed by atoms with Crippen molar-refractivity contribution in [2.75, 3.05) is 5.32 Å². The molecule has 0 fully saturated rings. The Morgan fingerprint density at radius 1 is 1.15 bits per heavy atom. The molecule has 0 spiro atoms. The number of amides is 2. The van der Waals surface area contributed by atoms with Gasteiger partial charge in [-0.3, -0.25) is 0 Å². The van der Waals surface area contributed by atoms with Gasteiger partial charge in [0.2, 0.25) is 0 Å².